The van der Waals surface area contributed by atoms with Crippen molar-refractivity contribution in [2.24, 2.45) is 0 Å². The van der Waals surface area contributed by atoms with Crippen LogP contribution < -0.4 is 4.74 Å². The number of rotatable bonds is 2. The van der Waals surface area contributed by atoms with E-state index in [2.05, 4.69) is 6.07 Å². The fraction of sp³-hybridized carbons (Fsp3) is 0. The molecule has 2 nitrogen and oxygen atoms in total. The van der Waals surface area contributed by atoms with Crippen molar-refractivity contribution in [1.82, 2.24) is 0 Å². The molecule has 0 atom stereocenters. The van der Waals surface area contributed by atoms with Gasteiger partial charge in [0.05, 0.1) is 5.02 Å². The quantitative estimate of drug-likeness (QED) is 0.660. The molecule has 0 saturated carbocycles. The molecule has 1 heterocycles. The standard InChI is InChI=1S/C14H7ClFO2/c15-10-4-2-5-11(8-10)17-12-6-1-3-9-7-13(16)18-14(9)12/h1-3,5-8H. The molecule has 18 heavy (non-hydrogen) atoms. The van der Waals surface area contributed by atoms with Gasteiger partial charge >= 0.3 is 0 Å². The predicted octanol–water partition coefficient (Wildman–Crippen LogP) is 4.82. The van der Waals surface area contributed by atoms with Crippen LogP contribution in [-0.4, -0.2) is 0 Å². The molecule has 0 amide bonds. The van der Waals surface area contributed by atoms with Gasteiger partial charge in [-0.3, -0.25) is 0 Å². The lowest BCUT2D eigenvalue weighted by atomic mass is 10.2. The molecule has 0 aliphatic rings. The molecule has 4 heteroatoms. The zero-order chi connectivity index (χ0) is 12.5. The van der Waals surface area contributed by atoms with Gasteiger partial charge in [0.15, 0.2) is 11.3 Å². The Morgan fingerprint density at radius 2 is 2.11 bits per heavy atom. The van der Waals surface area contributed by atoms with Crippen LogP contribution in [0, 0.1) is 12.1 Å². The molecule has 0 unspecified atom stereocenters. The molecule has 3 aromatic rings. The summed E-state index contributed by atoms with van der Waals surface area (Å²) in [4.78, 5) is 0. The third-order valence-electron chi connectivity index (χ3n) is 2.44. The number of hydrogen-bond acceptors (Lipinski definition) is 2. The maximum absolute atomic E-state index is 13.1. The van der Waals surface area contributed by atoms with Crippen molar-refractivity contribution in [2.75, 3.05) is 0 Å². The molecule has 0 bridgehead atoms. The monoisotopic (exact) mass is 261 g/mol. The molecule has 0 saturated heterocycles. The number of fused-ring (bicyclic) bond motifs is 1. The lowest BCUT2D eigenvalue weighted by Gasteiger charge is -2.05. The van der Waals surface area contributed by atoms with E-state index in [1.807, 2.05) is 0 Å². The van der Waals surface area contributed by atoms with Crippen molar-refractivity contribution in [3.63, 3.8) is 0 Å². The maximum atomic E-state index is 13.1. The SMILES string of the molecule is Fc1cc2cccc(Oc3cc[c]c(Cl)c3)c2o1. The number of ether oxygens (including phenoxy) is 1. The largest absolute Gasteiger partial charge is 0.453 e. The van der Waals surface area contributed by atoms with Crippen molar-refractivity contribution in [3.05, 3.63) is 59.6 Å². The number of halogens is 2. The summed E-state index contributed by atoms with van der Waals surface area (Å²) in [7, 11) is 0. The van der Waals surface area contributed by atoms with Gasteiger partial charge in [-0.2, -0.15) is 4.39 Å². The van der Waals surface area contributed by atoms with E-state index >= 15 is 0 Å². The Morgan fingerprint density at radius 3 is 2.94 bits per heavy atom. The molecule has 2 aromatic carbocycles. The summed E-state index contributed by atoms with van der Waals surface area (Å²) in [5.74, 6) is 0.988. The van der Waals surface area contributed by atoms with Gasteiger partial charge < -0.3 is 9.15 Å². The molecule has 0 aliphatic heterocycles. The summed E-state index contributed by atoms with van der Waals surface area (Å²) >= 11 is 5.81. The molecule has 1 radical (unpaired) electrons. The minimum absolute atomic E-state index is 0.374. The van der Waals surface area contributed by atoms with Crippen LogP contribution in [0.25, 0.3) is 11.0 Å². The molecule has 3 rings (SSSR count). The van der Waals surface area contributed by atoms with Crippen molar-refractivity contribution in [3.8, 4) is 11.5 Å². The Hall–Kier alpha value is -2.00. The van der Waals surface area contributed by atoms with Crippen LogP contribution in [0.4, 0.5) is 4.39 Å². The molecule has 0 aliphatic carbocycles. The fourth-order valence-corrected chi connectivity index (χ4v) is 1.86. The van der Waals surface area contributed by atoms with E-state index in [-0.39, 0.29) is 0 Å². The van der Waals surface area contributed by atoms with Gasteiger partial charge in [0, 0.05) is 23.6 Å². The first kappa shape index (κ1) is 11.1. The third-order valence-corrected chi connectivity index (χ3v) is 2.66. The molecule has 0 spiro atoms. The Kier molecular flexibility index (Phi) is 2.68. The topological polar surface area (TPSA) is 22.4 Å². The second kappa shape index (κ2) is 4.35. The van der Waals surface area contributed by atoms with Crippen molar-refractivity contribution in [1.29, 1.82) is 0 Å². The normalized spacial score (nSPS) is 10.8. The Morgan fingerprint density at radius 1 is 1.22 bits per heavy atom. The van der Waals surface area contributed by atoms with Gasteiger partial charge in [-0.25, -0.2) is 0 Å². The van der Waals surface area contributed by atoms with E-state index in [4.69, 9.17) is 20.8 Å². The minimum Gasteiger partial charge on any atom is -0.453 e. The number of benzene rings is 2. The molecular weight excluding hydrogens is 255 g/mol. The van der Waals surface area contributed by atoms with Crippen LogP contribution in [-0.2, 0) is 0 Å². The molecule has 89 valence electrons. The second-order valence-corrected chi connectivity index (χ2v) is 4.11. The highest BCUT2D eigenvalue weighted by Crippen LogP contribution is 2.32. The van der Waals surface area contributed by atoms with Gasteiger partial charge in [-0.1, -0.05) is 23.7 Å². The minimum atomic E-state index is -0.638. The van der Waals surface area contributed by atoms with Crippen LogP contribution in [0.2, 0.25) is 5.02 Å². The summed E-state index contributed by atoms with van der Waals surface area (Å²) in [6.07, 6.45) is 0. The highest BCUT2D eigenvalue weighted by molar-refractivity contribution is 6.30. The molecule has 1 aromatic heterocycles. The number of furan rings is 1. The maximum Gasteiger partial charge on any atom is 0.279 e. The zero-order valence-corrected chi connectivity index (χ0v) is 9.87. The average molecular weight is 262 g/mol. The van der Waals surface area contributed by atoms with Crippen LogP contribution in [0.3, 0.4) is 0 Å². The lowest BCUT2D eigenvalue weighted by molar-refractivity contribution is 0.372. The van der Waals surface area contributed by atoms with Gasteiger partial charge in [0.25, 0.3) is 6.01 Å². The van der Waals surface area contributed by atoms with Gasteiger partial charge in [0.1, 0.15) is 5.75 Å². The Bertz CT molecular complexity index is 706. The molecular formula is C14H7ClFO2. The molecule has 0 N–H and O–H groups in total. The van der Waals surface area contributed by atoms with Gasteiger partial charge in [-0.05, 0) is 18.2 Å². The highest BCUT2D eigenvalue weighted by Gasteiger charge is 2.09. The van der Waals surface area contributed by atoms with Crippen molar-refractivity contribution in [2.45, 2.75) is 0 Å². The molecule has 0 fully saturated rings. The first-order valence-corrected chi connectivity index (χ1v) is 5.63. The summed E-state index contributed by atoms with van der Waals surface area (Å²) in [5, 5.41) is 1.10. The average Bonchev–Trinajstić information content (AvgIpc) is 2.71. The first-order valence-electron chi connectivity index (χ1n) is 5.25. The van der Waals surface area contributed by atoms with Gasteiger partial charge in [0.2, 0.25) is 0 Å². The van der Waals surface area contributed by atoms with Crippen molar-refractivity contribution < 1.29 is 13.5 Å². The van der Waals surface area contributed by atoms with Gasteiger partial charge in [-0.15, -0.1) is 0 Å². The summed E-state index contributed by atoms with van der Waals surface area (Å²) in [6.45, 7) is 0. The van der Waals surface area contributed by atoms with Crippen LogP contribution in [0.1, 0.15) is 0 Å². The smallest absolute Gasteiger partial charge is 0.279 e. The zero-order valence-electron chi connectivity index (χ0n) is 9.11. The van der Waals surface area contributed by atoms with Crippen LogP contribution in [0.15, 0.2) is 46.9 Å². The summed E-state index contributed by atoms with van der Waals surface area (Å²) in [6, 6.07) is 13.7. The first-order chi connectivity index (χ1) is 8.72. The van der Waals surface area contributed by atoms with E-state index in [9.17, 15) is 4.39 Å². The van der Waals surface area contributed by atoms with Crippen LogP contribution in [0.5, 0.6) is 11.5 Å². The van der Waals surface area contributed by atoms with Crippen molar-refractivity contribution >= 4 is 22.6 Å². The number of para-hydroxylation sites is 1. The second-order valence-electron chi connectivity index (χ2n) is 3.70. The predicted molar refractivity (Wildman–Crippen MR) is 66.5 cm³/mol. The Labute approximate surface area is 108 Å². The highest BCUT2D eigenvalue weighted by atomic mass is 35.5. The summed E-state index contributed by atoms with van der Waals surface area (Å²) < 4.78 is 23.6. The third kappa shape index (κ3) is 2.05. The Balaban J connectivity index is 2.04. The van der Waals surface area contributed by atoms with E-state index in [1.165, 1.54) is 6.07 Å². The lowest BCUT2D eigenvalue weighted by Crippen LogP contribution is -1.84. The van der Waals surface area contributed by atoms with E-state index in [0.29, 0.717) is 27.5 Å². The van der Waals surface area contributed by atoms with E-state index in [1.54, 1.807) is 36.4 Å². The number of hydrogen-bond donors (Lipinski definition) is 0. The fourth-order valence-electron chi connectivity index (χ4n) is 1.69. The van der Waals surface area contributed by atoms with E-state index < -0.39 is 6.01 Å². The van der Waals surface area contributed by atoms with E-state index in [0.717, 1.165) is 0 Å². The van der Waals surface area contributed by atoms with Crippen LogP contribution >= 0.6 is 11.6 Å². The summed E-state index contributed by atoms with van der Waals surface area (Å²) in [5.41, 5.74) is 0.374.